The van der Waals surface area contributed by atoms with Crippen LogP contribution in [0.3, 0.4) is 0 Å². The van der Waals surface area contributed by atoms with Gasteiger partial charge in [-0.3, -0.25) is 14.8 Å². The minimum atomic E-state index is -0.277. The standard InChI is InChI=1S/C28H23N5O/c1-19-3-5-20(6-4-19)27(21-11-13-29-14-12-21)32-28(34)22-7-9-25-23(15-22)16-31-26(25)10-8-24-17-30-18-33(24)2/h3-7,9,11-15,17-18,27H,16H2,1-2H3,(H,32,34). The van der Waals surface area contributed by atoms with E-state index >= 15 is 0 Å². The lowest BCUT2D eigenvalue weighted by molar-refractivity contribution is 0.0943. The second kappa shape index (κ2) is 9.16. The summed E-state index contributed by atoms with van der Waals surface area (Å²) in [5.41, 5.74) is 7.29. The Hall–Kier alpha value is -4.50. The molecule has 0 aliphatic carbocycles. The molecule has 0 fully saturated rings. The van der Waals surface area contributed by atoms with Gasteiger partial charge >= 0.3 is 0 Å². The van der Waals surface area contributed by atoms with E-state index in [1.54, 1.807) is 24.9 Å². The molecule has 1 N–H and O–H groups in total. The Balaban J connectivity index is 1.38. The molecule has 1 amide bonds. The molecule has 0 saturated carbocycles. The molecule has 0 bridgehead atoms. The van der Waals surface area contributed by atoms with Crippen molar-refractivity contribution in [2.75, 3.05) is 0 Å². The number of hydrogen-bond donors (Lipinski definition) is 1. The predicted molar refractivity (Wildman–Crippen MR) is 131 cm³/mol. The maximum atomic E-state index is 13.3. The highest BCUT2D eigenvalue weighted by Crippen LogP contribution is 2.24. The van der Waals surface area contributed by atoms with Gasteiger partial charge in [0, 0.05) is 30.6 Å². The van der Waals surface area contributed by atoms with Gasteiger partial charge in [0.2, 0.25) is 0 Å². The zero-order chi connectivity index (χ0) is 23.5. The van der Waals surface area contributed by atoms with E-state index in [1.807, 2.05) is 61.0 Å². The Morgan fingerprint density at radius 1 is 1.00 bits per heavy atom. The molecule has 1 unspecified atom stereocenters. The third-order valence-corrected chi connectivity index (χ3v) is 5.88. The fourth-order valence-corrected chi connectivity index (χ4v) is 3.94. The number of aromatic nitrogens is 3. The number of nitrogens with zero attached hydrogens (tertiary/aromatic N) is 4. The van der Waals surface area contributed by atoms with Crippen LogP contribution in [0.25, 0.3) is 0 Å². The summed E-state index contributed by atoms with van der Waals surface area (Å²) in [6.07, 6.45) is 6.92. The van der Waals surface area contributed by atoms with Gasteiger partial charge in [0.05, 0.1) is 25.1 Å². The lowest BCUT2D eigenvalue weighted by atomic mass is 9.97. The van der Waals surface area contributed by atoms with Crippen LogP contribution in [-0.4, -0.2) is 26.2 Å². The summed E-state index contributed by atoms with van der Waals surface area (Å²) in [6.45, 7) is 2.56. The molecule has 166 valence electrons. The molecule has 5 rings (SSSR count). The molecule has 6 heteroatoms. The minimum absolute atomic E-state index is 0.139. The Morgan fingerprint density at radius 3 is 2.50 bits per heavy atom. The largest absolute Gasteiger partial charge is 0.341 e. The highest BCUT2D eigenvalue weighted by Gasteiger charge is 2.21. The predicted octanol–water partition coefficient (Wildman–Crippen LogP) is 4.00. The quantitative estimate of drug-likeness (QED) is 0.483. The number of benzene rings is 2. The first-order valence-electron chi connectivity index (χ1n) is 11.0. The first-order chi connectivity index (χ1) is 16.6. The first kappa shape index (κ1) is 21.4. The fraction of sp³-hybridized carbons (Fsp3) is 0.143. The molecular weight excluding hydrogens is 422 g/mol. The van der Waals surface area contributed by atoms with Crippen LogP contribution in [0.5, 0.6) is 0 Å². The normalized spacial score (nSPS) is 12.8. The van der Waals surface area contributed by atoms with Gasteiger partial charge in [0.1, 0.15) is 11.4 Å². The van der Waals surface area contributed by atoms with Crippen molar-refractivity contribution >= 4 is 11.6 Å². The lowest BCUT2D eigenvalue weighted by Crippen LogP contribution is -2.29. The highest BCUT2D eigenvalue weighted by atomic mass is 16.1. The van der Waals surface area contributed by atoms with Gasteiger partial charge in [-0.15, -0.1) is 0 Å². The molecule has 0 spiro atoms. The van der Waals surface area contributed by atoms with E-state index in [-0.39, 0.29) is 11.9 Å². The van der Waals surface area contributed by atoms with E-state index in [9.17, 15) is 4.79 Å². The van der Waals surface area contributed by atoms with Crippen LogP contribution in [0, 0.1) is 18.8 Å². The van der Waals surface area contributed by atoms with Crippen LogP contribution in [0.1, 0.15) is 49.9 Å². The van der Waals surface area contributed by atoms with Crippen molar-refractivity contribution in [3.8, 4) is 11.8 Å². The van der Waals surface area contributed by atoms with Gasteiger partial charge in [0.25, 0.3) is 5.91 Å². The lowest BCUT2D eigenvalue weighted by Gasteiger charge is -2.20. The third kappa shape index (κ3) is 4.37. The van der Waals surface area contributed by atoms with E-state index < -0.39 is 0 Å². The molecule has 0 saturated heterocycles. The molecule has 2 aromatic heterocycles. The van der Waals surface area contributed by atoms with Gasteiger partial charge < -0.3 is 9.88 Å². The molecule has 1 aliphatic rings. The number of rotatable bonds is 4. The average molecular weight is 446 g/mol. The van der Waals surface area contributed by atoms with Gasteiger partial charge in [0.15, 0.2) is 0 Å². The second-order valence-corrected chi connectivity index (χ2v) is 8.27. The van der Waals surface area contributed by atoms with Gasteiger partial charge in [-0.1, -0.05) is 35.9 Å². The summed E-state index contributed by atoms with van der Waals surface area (Å²) in [7, 11) is 1.90. The summed E-state index contributed by atoms with van der Waals surface area (Å²) in [6, 6.07) is 17.4. The topological polar surface area (TPSA) is 72.2 Å². The molecule has 3 heterocycles. The number of imidazole rings is 1. The summed E-state index contributed by atoms with van der Waals surface area (Å²) in [5, 5.41) is 3.20. The zero-order valence-corrected chi connectivity index (χ0v) is 19.0. The van der Waals surface area contributed by atoms with Crippen molar-refractivity contribution in [3.63, 3.8) is 0 Å². The van der Waals surface area contributed by atoms with E-state index in [1.165, 1.54) is 5.56 Å². The van der Waals surface area contributed by atoms with Crippen LogP contribution in [0.4, 0.5) is 0 Å². The molecule has 2 aromatic carbocycles. The maximum absolute atomic E-state index is 13.3. The molecule has 6 nitrogen and oxygen atoms in total. The third-order valence-electron chi connectivity index (χ3n) is 5.88. The number of carbonyl (C=O) groups excluding carboxylic acids is 1. The number of hydrogen-bond acceptors (Lipinski definition) is 4. The van der Waals surface area contributed by atoms with Crippen molar-refractivity contribution < 1.29 is 4.79 Å². The Bertz CT molecular complexity index is 1440. The summed E-state index contributed by atoms with van der Waals surface area (Å²) < 4.78 is 1.87. The van der Waals surface area contributed by atoms with Crippen LogP contribution >= 0.6 is 0 Å². The molecule has 0 radical (unpaired) electrons. The summed E-state index contributed by atoms with van der Waals surface area (Å²) >= 11 is 0. The van der Waals surface area contributed by atoms with E-state index in [4.69, 9.17) is 0 Å². The number of aryl methyl sites for hydroxylation is 2. The van der Waals surface area contributed by atoms with Crippen molar-refractivity contribution in [1.82, 2.24) is 19.9 Å². The number of amides is 1. The fourth-order valence-electron chi connectivity index (χ4n) is 3.94. The number of fused-ring (bicyclic) bond motifs is 1. The number of aliphatic imine (C=N–C) groups is 1. The number of nitrogens with one attached hydrogen (secondary N) is 1. The van der Waals surface area contributed by atoms with Crippen LogP contribution in [0.2, 0.25) is 0 Å². The SMILES string of the molecule is Cc1ccc(C(NC(=O)c2ccc3c(c2)CN=C3C#Cc2cncn2C)c2ccncc2)cc1. The van der Waals surface area contributed by atoms with Crippen LogP contribution in [-0.2, 0) is 13.6 Å². The zero-order valence-electron chi connectivity index (χ0n) is 19.0. The first-order valence-corrected chi connectivity index (χ1v) is 11.0. The van der Waals surface area contributed by atoms with E-state index in [0.29, 0.717) is 12.1 Å². The molecule has 4 aromatic rings. The molecule has 1 atom stereocenters. The Kier molecular flexibility index (Phi) is 5.75. The second-order valence-electron chi connectivity index (χ2n) is 8.27. The van der Waals surface area contributed by atoms with E-state index in [2.05, 4.69) is 44.3 Å². The Morgan fingerprint density at radius 2 is 1.76 bits per heavy atom. The van der Waals surface area contributed by atoms with Crippen molar-refractivity contribution in [2.24, 2.45) is 12.0 Å². The van der Waals surface area contributed by atoms with Crippen LogP contribution < -0.4 is 5.32 Å². The molecule has 34 heavy (non-hydrogen) atoms. The van der Waals surface area contributed by atoms with Gasteiger partial charge in [-0.05, 0) is 59.7 Å². The van der Waals surface area contributed by atoms with Crippen LogP contribution in [0.15, 0.2) is 84.5 Å². The van der Waals surface area contributed by atoms with Gasteiger partial charge in [-0.25, -0.2) is 4.98 Å². The van der Waals surface area contributed by atoms with Crippen molar-refractivity contribution in [3.05, 3.63) is 119 Å². The smallest absolute Gasteiger partial charge is 0.252 e. The number of carbonyl (C=O) groups is 1. The Labute approximate surface area is 198 Å². The minimum Gasteiger partial charge on any atom is -0.341 e. The van der Waals surface area contributed by atoms with Gasteiger partial charge in [-0.2, -0.15) is 0 Å². The number of pyridine rings is 1. The monoisotopic (exact) mass is 445 g/mol. The average Bonchev–Trinajstić information content (AvgIpc) is 3.47. The maximum Gasteiger partial charge on any atom is 0.252 e. The highest BCUT2D eigenvalue weighted by molar-refractivity contribution is 6.15. The molecule has 1 aliphatic heterocycles. The molecular formula is C28H23N5O. The van der Waals surface area contributed by atoms with Crippen molar-refractivity contribution in [2.45, 2.75) is 19.5 Å². The summed E-state index contributed by atoms with van der Waals surface area (Å²) in [4.78, 5) is 26.0. The summed E-state index contributed by atoms with van der Waals surface area (Å²) in [5.74, 6) is 6.12. The van der Waals surface area contributed by atoms with E-state index in [0.717, 1.165) is 33.7 Å². The van der Waals surface area contributed by atoms with Crippen molar-refractivity contribution in [1.29, 1.82) is 0 Å².